The van der Waals surface area contributed by atoms with E-state index < -0.39 is 62.4 Å². The number of carbonyl (C=O) groups excluding carboxylic acids is 1. The third-order valence-electron chi connectivity index (χ3n) is 4.58. The van der Waals surface area contributed by atoms with Crippen LogP contribution in [0.3, 0.4) is 0 Å². The number of ether oxygens (including phenoxy) is 1. The standard InChI is InChI=1S/C18H18ClF2N5O4S/c1-18(8-31(28,29)26(2)17(22)25-18)11-4-9(5-12(19)14(11)21)24-16(27)15-13(20)6-10(30-3)7-23-15/h4-7H,8H2,1-3H3,(H2,22,25)(H,24,27)/t18-/m0/s1/i3D3. The number of anilines is 1. The lowest BCUT2D eigenvalue weighted by Crippen LogP contribution is -2.50. The van der Waals surface area contributed by atoms with Gasteiger partial charge in [0.25, 0.3) is 5.91 Å². The predicted molar refractivity (Wildman–Crippen MR) is 111 cm³/mol. The molecule has 1 aromatic heterocycles. The lowest BCUT2D eigenvalue weighted by molar-refractivity contribution is 0.101. The molecule has 0 bridgehead atoms. The topological polar surface area (TPSA) is 127 Å². The summed E-state index contributed by atoms with van der Waals surface area (Å²) in [6, 6.07) is 2.79. The van der Waals surface area contributed by atoms with Gasteiger partial charge < -0.3 is 15.8 Å². The number of guanidine groups is 1. The lowest BCUT2D eigenvalue weighted by atomic mass is 9.93. The van der Waals surface area contributed by atoms with Gasteiger partial charge in [-0.15, -0.1) is 0 Å². The maximum atomic E-state index is 14.9. The number of rotatable bonds is 4. The fraction of sp³-hybridized carbons (Fsp3) is 0.278. The summed E-state index contributed by atoms with van der Waals surface area (Å²) < 4.78 is 80.4. The Kier molecular flexibility index (Phi) is 4.80. The van der Waals surface area contributed by atoms with E-state index in [9.17, 15) is 22.0 Å². The average Bonchev–Trinajstić information content (AvgIpc) is 2.67. The van der Waals surface area contributed by atoms with Crippen LogP contribution in [0.4, 0.5) is 14.5 Å². The first kappa shape index (κ1) is 18.8. The zero-order chi connectivity index (χ0) is 25.6. The second-order valence-corrected chi connectivity index (χ2v) is 9.25. The van der Waals surface area contributed by atoms with E-state index >= 15 is 0 Å². The molecule has 0 aliphatic carbocycles. The molecule has 31 heavy (non-hydrogen) atoms. The van der Waals surface area contributed by atoms with Crippen molar-refractivity contribution in [3.8, 4) is 5.75 Å². The Balaban J connectivity index is 1.96. The molecular formula is C18H18ClF2N5O4S. The zero-order valence-corrected chi connectivity index (χ0v) is 17.7. The van der Waals surface area contributed by atoms with Gasteiger partial charge >= 0.3 is 0 Å². The number of amides is 1. The quantitative estimate of drug-likeness (QED) is 0.695. The molecule has 0 spiro atoms. The summed E-state index contributed by atoms with van der Waals surface area (Å²) in [5.74, 6) is -4.66. The van der Waals surface area contributed by atoms with Gasteiger partial charge in [-0.3, -0.25) is 4.79 Å². The van der Waals surface area contributed by atoms with Crippen molar-refractivity contribution in [2.24, 2.45) is 10.7 Å². The summed E-state index contributed by atoms with van der Waals surface area (Å²) in [7, 11) is -5.58. The number of methoxy groups -OCH3 is 1. The van der Waals surface area contributed by atoms with E-state index in [-0.39, 0.29) is 17.2 Å². The van der Waals surface area contributed by atoms with Crippen LogP contribution in [0.2, 0.25) is 5.02 Å². The molecule has 13 heteroatoms. The molecule has 0 unspecified atom stereocenters. The highest BCUT2D eigenvalue weighted by Gasteiger charge is 2.42. The number of halogens is 3. The number of hydrogen-bond donors (Lipinski definition) is 2. The maximum Gasteiger partial charge on any atom is 0.277 e. The Morgan fingerprint density at radius 1 is 1.42 bits per heavy atom. The summed E-state index contributed by atoms with van der Waals surface area (Å²) in [6.07, 6.45) is 0.843. The molecule has 1 atom stereocenters. The number of sulfonamides is 1. The van der Waals surface area contributed by atoms with Crippen molar-refractivity contribution in [2.75, 3.05) is 25.2 Å². The first-order valence-electron chi connectivity index (χ1n) is 10.00. The third-order valence-corrected chi connectivity index (χ3v) is 6.80. The van der Waals surface area contributed by atoms with E-state index in [2.05, 4.69) is 20.0 Å². The van der Waals surface area contributed by atoms with Crippen LogP contribution in [0.1, 0.15) is 27.1 Å². The molecule has 1 aliphatic heterocycles. The van der Waals surface area contributed by atoms with Crippen LogP contribution in [-0.2, 0) is 15.6 Å². The molecule has 3 rings (SSSR count). The van der Waals surface area contributed by atoms with Gasteiger partial charge in [-0.05, 0) is 19.1 Å². The lowest BCUT2D eigenvalue weighted by Gasteiger charge is -2.34. The minimum Gasteiger partial charge on any atom is -0.495 e. The predicted octanol–water partition coefficient (Wildman–Crippen LogP) is 2.08. The number of aliphatic imine (C=N–C) groups is 1. The van der Waals surface area contributed by atoms with E-state index in [1.165, 1.54) is 14.0 Å². The van der Waals surface area contributed by atoms with Gasteiger partial charge in [0.05, 0.1) is 28.1 Å². The molecule has 0 saturated carbocycles. The van der Waals surface area contributed by atoms with Crippen molar-refractivity contribution >= 4 is 39.2 Å². The van der Waals surface area contributed by atoms with Crippen LogP contribution < -0.4 is 15.8 Å². The Hall–Kier alpha value is -2.99. The fourth-order valence-electron chi connectivity index (χ4n) is 2.97. The summed E-state index contributed by atoms with van der Waals surface area (Å²) in [5, 5.41) is 1.82. The van der Waals surface area contributed by atoms with Crippen molar-refractivity contribution in [3.63, 3.8) is 0 Å². The monoisotopic (exact) mass is 476 g/mol. The highest BCUT2D eigenvalue weighted by molar-refractivity contribution is 7.89. The van der Waals surface area contributed by atoms with E-state index in [4.69, 9.17) is 21.4 Å². The molecule has 166 valence electrons. The second-order valence-electron chi connectivity index (χ2n) is 6.84. The molecule has 2 heterocycles. The van der Waals surface area contributed by atoms with Crippen molar-refractivity contribution in [1.29, 1.82) is 0 Å². The molecule has 3 N–H and O–H groups in total. The number of nitrogens with one attached hydrogen (secondary N) is 1. The summed E-state index contributed by atoms with van der Waals surface area (Å²) in [5.41, 5.74) is 2.92. The normalized spacial score (nSPS) is 22.0. The first-order chi connectivity index (χ1) is 15.5. The Bertz CT molecular complexity index is 1310. The highest BCUT2D eigenvalue weighted by atomic mass is 35.5. The smallest absolute Gasteiger partial charge is 0.277 e. The maximum absolute atomic E-state index is 14.9. The van der Waals surface area contributed by atoms with Gasteiger partial charge in [0.1, 0.15) is 17.1 Å². The Labute approximate surface area is 186 Å². The molecule has 2 aromatic rings. The number of pyridine rings is 1. The molecule has 0 radical (unpaired) electrons. The van der Waals surface area contributed by atoms with Crippen molar-refractivity contribution in [3.05, 3.63) is 52.3 Å². The van der Waals surface area contributed by atoms with Gasteiger partial charge in [0.15, 0.2) is 11.5 Å². The first-order valence-corrected chi connectivity index (χ1v) is 10.5. The van der Waals surface area contributed by atoms with E-state index in [1.807, 2.05) is 0 Å². The van der Waals surface area contributed by atoms with Crippen LogP contribution in [0.25, 0.3) is 0 Å². The molecule has 1 aliphatic rings. The molecule has 0 fully saturated rings. The minimum atomic E-state index is -3.93. The summed E-state index contributed by atoms with van der Waals surface area (Å²) in [6.45, 7) is 1.33. The van der Waals surface area contributed by atoms with Gasteiger partial charge in [0, 0.05) is 24.4 Å². The zero-order valence-electron chi connectivity index (χ0n) is 19.1. The van der Waals surface area contributed by atoms with Crippen LogP contribution in [0.15, 0.2) is 29.4 Å². The molecule has 9 nitrogen and oxygen atoms in total. The van der Waals surface area contributed by atoms with Crippen molar-refractivity contribution in [1.82, 2.24) is 9.29 Å². The van der Waals surface area contributed by atoms with Gasteiger partial charge in [-0.1, -0.05) is 11.6 Å². The van der Waals surface area contributed by atoms with Gasteiger partial charge in [-0.2, -0.15) is 0 Å². The second kappa shape index (κ2) is 7.93. The van der Waals surface area contributed by atoms with Crippen molar-refractivity contribution < 1.29 is 30.8 Å². The van der Waals surface area contributed by atoms with Crippen LogP contribution in [0.5, 0.6) is 5.75 Å². The number of benzene rings is 1. The average molecular weight is 477 g/mol. The number of nitrogens with two attached hydrogens (primary N) is 1. The van der Waals surface area contributed by atoms with Crippen LogP contribution >= 0.6 is 11.6 Å². The van der Waals surface area contributed by atoms with E-state index in [0.717, 1.165) is 22.6 Å². The molecular weight excluding hydrogens is 456 g/mol. The van der Waals surface area contributed by atoms with Crippen molar-refractivity contribution in [2.45, 2.75) is 12.5 Å². The fourth-order valence-corrected chi connectivity index (χ4v) is 4.64. The third kappa shape index (κ3) is 4.26. The Morgan fingerprint density at radius 2 is 2.13 bits per heavy atom. The largest absolute Gasteiger partial charge is 0.495 e. The molecule has 1 aromatic carbocycles. The molecule has 0 saturated heterocycles. The number of carbonyl (C=O) groups is 1. The number of hydrogen-bond acceptors (Lipinski definition) is 7. The number of aromatic nitrogens is 1. The van der Waals surface area contributed by atoms with Gasteiger partial charge in [0.2, 0.25) is 16.0 Å². The number of nitrogens with zero attached hydrogens (tertiary/aromatic N) is 3. The van der Waals surface area contributed by atoms with E-state index in [0.29, 0.717) is 6.07 Å². The van der Waals surface area contributed by atoms with E-state index in [1.54, 1.807) is 0 Å². The Morgan fingerprint density at radius 3 is 2.74 bits per heavy atom. The van der Waals surface area contributed by atoms with Crippen LogP contribution in [-0.4, -0.2) is 49.4 Å². The highest BCUT2D eigenvalue weighted by Crippen LogP contribution is 2.37. The SMILES string of the molecule is [2H]C([2H])([2H])Oc1cnc(C(=O)Nc2cc(Cl)c(F)c([C@]3(C)CS(=O)(=O)N(C)C(N)=N3)c2)c(F)c1. The van der Waals surface area contributed by atoms with Gasteiger partial charge in [-0.25, -0.2) is 31.5 Å². The van der Waals surface area contributed by atoms with Crippen LogP contribution in [0, 0.1) is 11.6 Å². The molecule has 1 amide bonds. The minimum absolute atomic E-state index is 0.109. The summed E-state index contributed by atoms with van der Waals surface area (Å²) in [4.78, 5) is 20.2. The summed E-state index contributed by atoms with van der Waals surface area (Å²) >= 11 is 5.95.